The first-order chi connectivity index (χ1) is 11.8. The lowest BCUT2D eigenvalue weighted by atomic mass is 9.84. The molecule has 1 aliphatic heterocycles. The highest BCUT2D eigenvalue weighted by Gasteiger charge is 2.36. The SMILES string of the molecule is C[C@@H]1CN(C(=O)C2CCC2)c2ccccc2CN1C(=O)OC(C)(C)C. The number of ether oxygens (including phenoxy) is 1. The first kappa shape index (κ1) is 17.8. The highest BCUT2D eigenvalue weighted by molar-refractivity contribution is 5.96. The Morgan fingerprint density at radius 3 is 2.44 bits per heavy atom. The summed E-state index contributed by atoms with van der Waals surface area (Å²) >= 11 is 0. The van der Waals surface area contributed by atoms with Crippen LogP contribution in [-0.2, 0) is 16.1 Å². The highest BCUT2D eigenvalue weighted by Crippen LogP contribution is 2.34. The average Bonchev–Trinajstić information content (AvgIpc) is 2.61. The molecule has 136 valence electrons. The molecule has 0 saturated heterocycles. The summed E-state index contributed by atoms with van der Waals surface area (Å²) in [4.78, 5) is 29.2. The third-order valence-corrected chi connectivity index (χ3v) is 4.95. The van der Waals surface area contributed by atoms with Crippen LogP contribution in [-0.4, -0.2) is 35.1 Å². The predicted octanol–water partition coefficient (Wildman–Crippen LogP) is 3.96. The van der Waals surface area contributed by atoms with Crippen molar-refractivity contribution in [3.8, 4) is 0 Å². The number of amides is 2. The van der Waals surface area contributed by atoms with E-state index in [1.54, 1.807) is 4.90 Å². The van der Waals surface area contributed by atoms with E-state index in [1.807, 2.05) is 56.9 Å². The number of para-hydroxylation sites is 1. The molecule has 25 heavy (non-hydrogen) atoms. The van der Waals surface area contributed by atoms with Gasteiger partial charge in [-0.05, 0) is 52.2 Å². The van der Waals surface area contributed by atoms with Gasteiger partial charge in [-0.3, -0.25) is 9.69 Å². The maximum Gasteiger partial charge on any atom is 0.410 e. The molecule has 1 atom stereocenters. The largest absolute Gasteiger partial charge is 0.444 e. The van der Waals surface area contributed by atoms with Crippen molar-refractivity contribution in [3.63, 3.8) is 0 Å². The average molecular weight is 344 g/mol. The van der Waals surface area contributed by atoms with Crippen LogP contribution in [0.5, 0.6) is 0 Å². The van der Waals surface area contributed by atoms with E-state index in [9.17, 15) is 9.59 Å². The minimum absolute atomic E-state index is 0.105. The van der Waals surface area contributed by atoms with Gasteiger partial charge in [-0.1, -0.05) is 24.6 Å². The summed E-state index contributed by atoms with van der Waals surface area (Å²) in [6.07, 6.45) is 2.75. The maximum absolute atomic E-state index is 12.9. The van der Waals surface area contributed by atoms with Crippen LogP contribution in [0.1, 0.15) is 52.5 Å². The lowest BCUT2D eigenvalue weighted by Crippen LogP contribution is -2.47. The Hall–Kier alpha value is -2.04. The van der Waals surface area contributed by atoms with Gasteiger partial charge < -0.3 is 9.64 Å². The maximum atomic E-state index is 12.9. The first-order valence-corrected chi connectivity index (χ1v) is 9.15. The molecule has 3 rings (SSSR count). The Kier molecular flexibility index (Phi) is 4.76. The second-order valence-corrected chi connectivity index (χ2v) is 8.16. The van der Waals surface area contributed by atoms with Gasteiger partial charge in [0.1, 0.15) is 5.60 Å². The Morgan fingerprint density at radius 1 is 1.16 bits per heavy atom. The van der Waals surface area contributed by atoms with Gasteiger partial charge in [0.15, 0.2) is 0 Å². The molecule has 1 aliphatic carbocycles. The van der Waals surface area contributed by atoms with Crippen molar-refractivity contribution in [3.05, 3.63) is 29.8 Å². The molecule has 0 aromatic heterocycles. The molecule has 2 aliphatic rings. The minimum Gasteiger partial charge on any atom is -0.444 e. The molecule has 0 unspecified atom stereocenters. The highest BCUT2D eigenvalue weighted by atomic mass is 16.6. The second kappa shape index (κ2) is 6.70. The van der Waals surface area contributed by atoms with Gasteiger partial charge in [0.2, 0.25) is 5.91 Å². The number of carbonyl (C=O) groups excluding carboxylic acids is 2. The zero-order chi connectivity index (χ0) is 18.2. The van der Waals surface area contributed by atoms with Gasteiger partial charge in [-0.15, -0.1) is 0 Å². The van der Waals surface area contributed by atoms with E-state index in [1.165, 1.54) is 0 Å². The van der Waals surface area contributed by atoms with Crippen LogP contribution in [0.15, 0.2) is 24.3 Å². The third kappa shape index (κ3) is 3.80. The normalized spacial score (nSPS) is 21.2. The number of fused-ring (bicyclic) bond motifs is 1. The monoisotopic (exact) mass is 344 g/mol. The molecule has 1 heterocycles. The molecular formula is C20H28N2O3. The van der Waals surface area contributed by atoms with E-state index < -0.39 is 5.60 Å². The zero-order valence-electron chi connectivity index (χ0n) is 15.6. The molecule has 2 amide bonds. The van der Waals surface area contributed by atoms with Crippen molar-refractivity contribution < 1.29 is 14.3 Å². The second-order valence-electron chi connectivity index (χ2n) is 8.16. The van der Waals surface area contributed by atoms with Crippen molar-refractivity contribution in [1.29, 1.82) is 0 Å². The number of anilines is 1. The predicted molar refractivity (Wildman–Crippen MR) is 97.4 cm³/mol. The Labute approximate surface area is 149 Å². The lowest BCUT2D eigenvalue weighted by Gasteiger charge is -2.34. The van der Waals surface area contributed by atoms with Crippen LogP contribution in [0.3, 0.4) is 0 Å². The van der Waals surface area contributed by atoms with Crippen LogP contribution >= 0.6 is 0 Å². The molecule has 0 N–H and O–H groups in total. The fourth-order valence-electron chi connectivity index (χ4n) is 3.36. The summed E-state index contributed by atoms with van der Waals surface area (Å²) < 4.78 is 5.58. The van der Waals surface area contributed by atoms with E-state index in [-0.39, 0.29) is 24.0 Å². The summed E-state index contributed by atoms with van der Waals surface area (Å²) in [7, 11) is 0. The van der Waals surface area contributed by atoms with Gasteiger partial charge >= 0.3 is 6.09 Å². The van der Waals surface area contributed by atoms with Crippen LogP contribution in [0.2, 0.25) is 0 Å². The number of carbonyl (C=O) groups is 2. The molecule has 1 aromatic rings. The standard InChI is InChI=1S/C20H28N2O3/c1-14-12-22(18(23)15-9-7-10-15)17-11-6-5-8-16(17)13-21(14)19(24)25-20(2,3)4/h5-6,8,11,14-15H,7,9-10,12-13H2,1-4H3/t14-/m1/s1. The molecule has 0 radical (unpaired) electrons. The van der Waals surface area contributed by atoms with E-state index >= 15 is 0 Å². The fraction of sp³-hybridized carbons (Fsp3) is 0.600. The first-order valence-electron chi connectivity index (χ1n) is 9.15. The van der Waals surface area contributed by atoms with E-state index in [0.29, 0.717) is 13.1 Å². The van der Waals surface area contributed by atoms with Gasteiger partial charge in [0.25, 0.3) is 0 Å². The van der Waals surface area contributed by atoms with Crippen molar-refractivity contribution in [2.24, 2.45) is 5.92 Å². The van der Waals surface area contributed by atoms with Crippen molar-refractivity contribution in [2.75, 3.05) is 11.4 Å². The Balaban J connectivity index is 1.89. The number of hydrogen-bond acceptors (Lipinski definition) is 3. The molecule has 5 heteroatoms. The van der Waals surface area contributed by atoms with E-state index in [2.05, 4.69) is 0 Å². The lowest BCUT2D eigenvalue weighted by molar-refractivity contribution is -0.124. The molecule has 1 fully saturated rings. The third-order valence-electron chi connectivity index (χ3n) is 4.95. The molecule has 0 bridgehead atoms. The summed E-state index contributed by atoms with van der Waals surface area (Å²) in [5.41, 5.74) is 1.38. The summed E-state index contributed by atoms with van der Waals surface area (Å²) in [6.45, 7) is 8.55. The zero-order valence-corrected chi connectivity index (χ0v) is 15.6. The molecule has 5 nitrogen and oxygen atoms in total. The molecule has 1 aromatic carbocycles. The van der Waals surface area contributed by atoms with Crippen LogP contribution in [0.4, 0.5) is 10.5 Å². The van der Waals surface area contributed by atoms with Crippen LogP contribution in [0, 0.1) is 5.92 Å². The topological polar surface area (TPSA) is 49.9 Å². The van der Waals surface area contributed by atoms with Crippen LogP contribution < -0.4 is 4.90 Å². The van der Waals surface area contributed by atoms with E-state index in [0.717, 1.165) is 30.5 Å². The van der Waals surface area contributed by atoms with E-state index in [4.69, 9.17) is 4.74 Å². The summed E-state index contributed by atoms with van der Waals surface area (Å²) in [6, 6.07) is 7.77. The van der Waals surface area contributed by atoms with Crippen molar-refractivity contribution >= 4 is 17.7 Å². The number of hydrogen-bond donors (Lipinski definition) is 0. The fourth-order valence-corrected chi connectivity index (χ4v) is 3.36. The van der Waals surface area contributed by atoms with Gasteiger partial charge in [-0.25, -0.2) is 4.79 Å². The molecule has 1 saturated carbocycles. The summed E-state index contributed by atoms with van der Waals surface area (Å²) in [5, 5.41) is 0. The number of benzene rings is 1. The van der Waals surface area contributed by atoms with Gasteiger partial charge in [0, 0.05) is 18.2 Å². The summed E-state index contributed by atoms with van der Waals surface area (Å²) in [5.74, 6) is 0.324. The minimum atomic E-state index is -0.538. The molecular weight excluding hydrogens is 316 g/mol. The van der Waals surface area contributed by atoms with Crippen molar-refractivity contribution in [1.82, 2.24) is 4.90 Å². The quantitative estimate of drug-likeness (QED) is 0.775. The number of nitrogens with zero attached hydrogens (tertiary/aromatic N) is 2. The van der Waals surface area contributed by atoms with Crippen molar-refractivity contribution in [2.45, 2.75) is 65.1 Å². The number of rotatable bonds is 1. The molecule has 0 spiro atoms. The van der Waals surface area contributed by atoms with Gasteiger partial charge in [-0.2, -0.15) is 0 Å². The Morgan fingerprint density at radius 2 is 1.84 bits per heavy atom. The van der Waals surface area contributed by atoms with Gasteiger partial charge in [0.05, 0.1) is 12.6 Å². The van der Waals surface area contributed by atoms with Crippen LogP contribution in [0.25, 0.3) is 0 Å². The smallest absolute Gasteiger partial charge is 0.410 e. The Bertz CT molecular complexity index is 661.